The minimum Gasteiger partial charge on any atom is -0.491 e. The third kappa shape index (κ3) is 11.4. The van der Waals surface area contributed by atoms with Crippen LogP contribution < -0.4 is 4.74 Å². The minimum absolute atomic E-state index is 0.589. The Morgan fingerprint density at radius 1 is 0.880 bits per heavy atom. The number of ether oxygens (including phenoxy) is 2. The second-order valence-electron chi connectivity index (χ2n) is 5.16. The first kappa shape index (κ1) is 23.2. The Balaban J connectivity index is 0.00000134. The summed E-state index contributed by atoms with van der Waals surface area (Å²) in [5.74, 6) is 1.76. The van der Waals surface area contributed by atoms with Crippen molar-refractivity contribution in [3.8, 4) is 5.75 Å². The second kappa shape index (κ2) is 15.7. The highest BCUT2D eigenvalue weighted by molar-refractivity contribution is 5.26. The number of aryl methyl sites for hydroxylation is 3. The number of unbranched alkanes of at least 4 members (excludes halogenated alkanes) is 1. The monoisotopic (exact) mass is 349 g/mol. The summed E-state index contributed by atoms with van der Waals surface area (Å²) in [7, 11) is 0. The third-order valence-corrected chi connectivity index (χ3v) is 3.17. The topological polar surface area (TPSA) is 44.5 Å². The molecule has 1 heterocycles. The lowest BCUT2D eigenvalue weighted by Gasteiger charge is -2.07. The highest BCUT2D eigenvalue weighted by atomic mass is 16.5. The molecular formula is C21H35NO3. The summed E-state index contributed by atoms with van der Waals surface area (Å²) >= 11 is 0. The van der Waals surface area contributed by atoms with E-state index in [1.54, 1.807) is 0 Å². The summed E-state index contributed by atoms with van der Waals surface area (Å²) in [6.07, 6.45) is 3.03. The zero-order valence-electron chi connectivity index (χ0n) is 16.8. The summed E-state index contributed by atoms with van der Waals surface area (Å²) in [6, 6.07) is 10.0. The summed E-state index contributed by atoms with van der Waals surface area (Å²) in [5, 5.41) is 3.97. The Hall–Kier alpha value is -1.81. The Bertz CT molecular complexity index is 520. The van der Waals surface area contributed by atoms with E-state index in [2.05, 4.69) is 12.1 Å². The van der Waals surface area contributed by atoms with Gasteiger partial charge in [0, 0.05) is 12.7 Å². The molecule has 0 spiro atoms. The van der Waals surface area contributed by atoms with Gasteiger partial charge in [0.05, 0.1) is 12.3 Å². The molecule has 0 atom stereocenters. The first-order valence-electron chi connectivity index (χ1n) is 9.43. The highest BCUT2D eigenvalue weighted by Gasteiger charge is 2.00. The molecule has 0 aliphatic rings. The Kier molecular flexibility index (Phi) is 14.6. The van der Waals surface area contributed by atoms with Gasteiger partial charge < -0.3 is 14.0 Å². The van der Waals surface area contributed by atoms with Crippen LogP contribution in [0.25, 0.3) is 0 Å². The van der Waals surface area contributed by atoms with Gasteiger partial charge in [-0.15, -0.1) is 0 Å². The van der Waals surface area contributed by atoms with Gasteiger partial charge in [-0.25, -0.2) is 0 Å². The van der Waals surface area contributed by atoms with Gasteiger partial charge in [-0.2, -0.15) is 0 Å². The molecule has 0 saturated heterocycles. The molecule has 4 nitrogen and oxygen atoms in total. The molecule has 0 bridgehead atoms. The summed E-state index contributed by atoms with van der Waals surface area (Å²) in [4.78, 5) is 0. The predicted octanol–water partition coefficient (Wildman–Crippen LogP) is 5.76. The van der Waals surface area contributed by atoms with Gasteiger partial charge in [-0.05, 0) is 45.2 Å². The molecule has 0 saturated carbocycles. The fourth-order valence-corrected chi connectivity index (χ4v) is 2.00. The van der Waals surface area contributed by atoms with Crippen LogP contribution in [0.3, 0.4) is 0 Å². The standard InChI is InChI=1S/C17H23NO3.2C2H6/c1-14-6-8-17(9-7-14)20-12-11-19-10-4-3-5-16-13-15(2)21-18-16;2*1-2/h6-9,13H,3-5,10-12H2,1-2H3;2*1-2H3. The number of rotatable bonds is 9. The molecule has 4 heteroatoms. The van der Waals surface area contributed by atoms with Crippen molar-refractivity contribution in [2.45, 2.75) is 60.8 Å². The van der Waals surface area contributed by atoms with Crippen molar-refractivity contribution >= 4 is 0 Å². The molecule has 1 aromatic carbocycles. The van der Waals surface area contributed by atoms with Crippen LogP contribution in [-0.4, -0.2) is 25.0 Å². The lowest BCUT2D eigenvalue weighted by molar-refractivity contribution is 0.0974. The first-order chi connectivity index (χ1) is 12.2. The van der Waals surface area contributed by atoms with Gasteiger partial charge in [-0.3, -0.25) is 0 Å². The normalized spacial score (nSPS) is 9.52. The van der Waals surface area contributed by atoms with Crippen LogP contribution in [0, 0.1) is 13.8 Å². The zero-order chi connectivity index (χ0) is 18.9. The molecule has 0 radical (unpaired) electrons. The van der Waals surface area contributed by atoms with Crippen LogP contribution in [0.2, 0.25) is 0 Å². The van der Waals surface area contributed by atoms with Crippen molar-refractivity contribution in [2.75, 3.05) is 19.8 Å². The Labute approximate surface area is 153 Å². The van der Waals surface area contributed by atoms with Crippen molar-refractivity contribution < 1.29 is 14.0 Å². The van der Waals surface area contributed by atoms with Crippen molar-refractivity contribution in [1.82, 2.24) is 5.16 Å². The number of hydrogen-bond donors (Lipinski definition) is 0. The molecule has 2 rings (SSSR count). The SMILES string of the molecule is CC.CC.Cc1ccc(OCCOCCCCc2cc(C)on2)cc1. The lowest BCUT2D eigenvalue weighted by atomic mass is 10.2. The molecule has 0 fully saturated rings. The van der Waals surface area contributed by atoms with Crippen LogP contribution >= 0.6 is 0 Å². The molecule has 25 heavy (non-hydrogen) atoms. The van der Waals surface area contributed by atoms with E-state index in [1.807, 2.05) is 65.0 Å². The van der Waals surface area contributed by atoms with Crippen molar-refractivity contribution in [2.24, 2.45) is 0 Å². The average molecular weight is 350 g/mol. The van der Waals surface area contributed by atoms with Crippen LogP contribution in [0.5, 0.6) is 5.75 Å². The Morgan fingerprint density at radius 3 is 2.16 bits per heavy atom. The molecular weight excluding hydrogens is 314 g/mol. The van der Waals surface area contributed by atoms with E-state index < -0.39 is 0 Å². The summed E-state index contributed by atoms with van der Waals surface area (Å²) in [6.45, 7) is 13.9. The van der Waals surface area contributed by atoms with Gasteiger partial charge in [-0.1, -0.05) is 50.5 Å². The predicted molar refractivity (Wildman–Crippen MR) is 104 cm³/mol. The third-order valence-electron chi connectivity index (χ3n) is 3.17. The van der Waals surface area contributed by atoms with Crippen LogP contribution in [-0.2, 0) is 11.2 Å². The molecule has 0 aliphatic heterocycles. The van der Waals surface area contributed by atoms with E-state index in [-0.39, 0.29) is 0 Å². The fraction of sp³-hybridized carbons (Fsp3) is 0.571. The zero-order valence-corrected chi connectivity index (χ0v) is 16.8. The van der Waals surface area contributed by atoms with Crippen molar-refractivity contribution in [3.05, 3.63) is 47.3 Å². The number of aromatic nitrogens is 1. The maximum Gasteiger partial charge on any atom is 0.133 e. The van der Waals surface area contributed by atoms with Gasteiger partial charge in [0.2, 0.25) is 0 Å². The van der Waals surface area contributed by atoms with Crippen LogP contribution in [0.1, 0.15) is 57.6 Å². The van der Waals surface area contributed by atoms with E-state index in [1.165, 1.54) is 5.56 Å². The van der Waals surface area contributed by atoms with E-state index in [0.29, 0.717) is 13.2 Å². The van der Waals surface area contributed by atoms with Crippen LogP contribution in [0.15, 0.2) is 34.9 Å². The summed E-state index contributed by atoms with van der Waals surface area (Å²) in [5.41, 5.74) is 2.26. The van der Waals surface area contributed by atoms with Crippen molar-refractivity contribution in [3.63, 3.8) is 0 Å². The number of nitrogens with zero attached hydrogens (tertiary/aromatic N) is 1. The number of hydrogen-bond acceptors (Lipinski definition) is 4. The summed E-state index contributed by atoms with van der Waals surface area (Å²) < 4.78 is 16.2. The minimum atomic E-state index is 0.589. The van der Waals surface area contributed by atoms with E-state index in [0.717, 1.165) is 43.1 Å². The molecule has 2 aromatic rings. The smallest absolute Gasteiger partial charge is 0.133 e. The molecule has 0 aliphatic carbocycles. The van der Waals surface area contributed by atoms with Gasteiger partial charge >= 0.3 is 0 Å². The van der Waals surface area contributed by atoms with Crippen molar-refractivity contribution in [1.29, 1.82) is 0 Å². The Morgan fingerprint density at radius 2 is 1.56 bits per heavy atom. The average Bonchev–Trinajstić information content (AvgIpc) is 3.07. The molecule has 1 aromatic heterocycles. The van der Waals surface area contributed by atoms with Crippen LogP contribution in [0.4, 0.5) is 0 Å². The van der Waals surface area contributed by atoms with E-state index in [4.69, 9.17) is 14.0 Å². The number of benzene rings is 1. The molecule has 0 N–H and O–H groups in total. The van der Waals surface area contributed by atoms with Gasteiger partial charge in [0.15, 0.2) is 0 Å². The molecule has 0 amide bonds. The van der Waals surface area contributed by atoms with Gasteiger partial charge in [0.25, 0.3) is 0 Å². The lowest BCUT2D eigenvalue weighted by Crippen LogP contribution is -2.07. The highest BCUT2D eigenvalue weighted by Crippen LogP contribution is 2.11. The largest absolute Gasteiger partial charge is 0.491 e. The maximum absolute atomic E-state index is 5.59. The maximum atomic E-state index is 5.59. The van der Waals surface area contributed by atoms with Gasteiger partial charge in [0.1, 0.15) is 18.1 Å². The van der Waals surface area contributed by atoms with E-state index >= 15 is 0 Å². The fourth-order valence-electron chi connectivity index (χ4n) is 2.00. The molecule has 142 valence electrons. The quantitative estimate of drug-likeness (QED) is 0.540. The second-order valence-corrected chi connectivity index (χ2v) is 5.16. The first-order valence-corrected chi connectivity index (χ1v) is 9.43. The van der Waals surface area contributed by atoms with E-state index in [9.17, 15) is 0 Å². The molecule has 0 unspecified atom stereocenters.